The van der Waals surface area contributed by atoms with E-state index in [9.17, 15) is 14.9 Å². The highest BCUT2D eigenvalue weighted by Gasteiger charge is 2.11. The Labute approximate surface area is 105 Å². The maximum Gasteiger partial charge on any atom is 0.305 e. The molecule has 0 aromatic heterocycles. The van der Waals surface area contributed by atoms with Gasteiger partial charge in [-0.3, -0.25) is 14.9 Å². The SMILES string of the molecule is CCOC(=O)CCCNc1ccccc1[N+](=O)[O-]. The first-order chi connectivity index (χ1) is 8.65. The number of esters is 1. The predicted octanol–water partition coefficient (Wildman–Crippen LogP) is 2.35. The summed E-state index contributed by atoms with van der Waals surface area (Å²) in [6.07, 6.45) is 0.881. The molecule has 0 saturated heterocycles. The van der Waals surface area contributed by atoms with E-state index in [2.05, 4.69) is 5.32 Å². The summed E-state index contributed by atoms with van der Waals surface area (Å²) >= 11 is 0. The predicted molar refractivity (Wildman–Crippen MR) is 67.5 cm³/mol. The van der Waals surface area contributed by atoms with E-state index in [1.54, 1.807) is 25.1 Å². The lowest BCUT2D eigenvalue weighted by Crippen LogP contribution is -2.09. The fraction of sp³-hybridized carbons (Fsp3) is 0.417. The number of nitro groups is 1. The van der Waals surface area contributed by atoms with Gasteiger partial charge in [0.25, 0.3) is 5.69 Å². The third-order valence-corrected chi connectivity index (χ3v) is 2.28. The van der Waals surface area contributed by atoms with Gasteiger partial charge < -0.3 is 10.1 Å². The fourth-order valence-electron chi connectivity index (χ4n) is 1.47. The molecule has 1 N–H and O–H groups in total. The first-order valence-electron chi connectivity index (χ1n) is 5.78. The molecule has 0 heterocycles. The van der Waals surface area contributed by atoms with Crippen LogP contribution in [0.5, 0.6) is 0 Å². The monoisotopic (exact) mass is 252 g/mol. The Morgan fingerprint density at radius 1 is 1.44 bits per heavy atom. The molecule has 0 fully saturated rings. The first kappa shape index (κ1) is 14.0. The third-order valence-electron chi connectivity index (χ3n) is 2.28. The first-order valence-corrected chi connectivity index (χ1v) is 5.78. The Morgan fingerprint density at radius 3 is 2.83 bits per heavy atom. The molecule has 6 nitrogen and oxygen atoms in total. The number of rotatable bonds is 7. The van der Waals surface area contributed by atoms with E-state index in [0.717, 1.165) is 0 Å². The van der Waals surface area contributed by atoms with Crippen molar-refractivity contribution in [3.05, 3.63) is 34.4 Å². The molecule has 0 aliphatic heterocycles. The van der Waals surface area contributed by atoms with Gasteiger partial charge in [0.15, 0.2) is 0 Å². The number of carbonyl (C=O) groups is 1. The van der Waals surface area contributed by atoms with Gasteiger partial charge in [-0.1, -0.05) is 12.1 Å². The largest absolute Gasteiger partial charge is 0.466 e. The van der Waals surface area contributed by atoms with Crippen LogP contribution in [0.1, 0.15) is 19.8 Å². The second kappa shape index (κ2) is 7.26. The summed E-state index contributed by atoms with van der Waals surface area (Å²) in [6, 6.07) is 6.42. The van der Waals surface area contributed by atoms with Crippen molar-refractivity contribution in [3.8, 4) is 0 Å². The number of benzene rings is 1. The lowest BCUT2D eigenvalue weighted by molar-refractivity contribution is -0.384. The van der Waals surface area contributed by atoms with E-state index in [1.165, 1.54) is 6.07 Å². The molecule has 0 atom stereocenters. The molecule has 0 bridgehead atoms. The summed E-state index contributed by atoms with van der Waals surface area (Å²) in [7, 11) is 0. The summed E-state index contributed by atoms with van der Waals surface area (Å²) < 4.78 is 4.78. The van der Waals surface area contributed by atoms with Crippen LogP contribution < -0.4 is 5.32 Å². The van der Waals surface area contributed by atoms with E-state index >= 15 is 0 Å². The summed E-state index contributed by atoms with van der Waals surface area (Å²) in [4.78, 5) is 21.4. The molecular formula is C12H16N2O4. The maximum atomic E-state index is 11.1. The van der Waals surface area contributed by atoms with Gasteiger partial charge in [-0.05, 0) is 19.4 Å². The zero-order valence-corrected chi connectivity index (χ0v) is 10.2. The molecule has 0 spiro atoms. The number of carbonyl (C=O) groups excluding carboxylic acids is 1. The summed E-state index contributed by atoms with van der Waals surface area (Å²) in [5.41, 5.74) is 0.500. The van der Waals surface area contributed by atoms with E-state index in [-0.39, 0.29) is 11.7 Å². The van der Waals surface area contributed by atoms with E-state index in [1.807, 2.05) is 0 Å². The number of hydrogen-bond acceptors (Lipinski definition) is 5. The van der Waals surface area contributed by atoms with E-state index in [0.29, 0.717) is 31.7 Å². The number of nitrogens with one attached hydrogen (secondary N) is 1. The molecule has 0 radical (unpaired) electrons. The molecule has 1 aromatic rings. The highest BCUT2D eigenvalue weighted by Crippen LogP contribution is 2.22. The zero-order valence-electron chi connectivity index (χ0n) is 10.2. The molecule has 1 rings (SSSR count). The Kier molecular flexibility index (Phi) is 5.63. The third kappa shape index (κ3) is 4.40. The number of para-hydroxylation sites is 2. The van der Waals surface area contributed by atoms with Crippen LogP contribution in [0.15, 0.2) is 24.3 Å². The van der Waals surface area contributed by atoms with Crippen molar-refractivity contribution >= 4 is 17.3 Å². The molecule has 0 saturated carbocycles. The number of anilines is 1. The highest BCUT2D eigenvalue weighted by atomic mass is 16.6. The van der Waals surface area contributed by atoms with Gasteiger partial charge in [0.1, 0.15) is 5.69 Å². The van der Waals surface area contributed by atoms with Crippen LogP contribution in [0.25, 0.3) is 0 Å². The van der Waals surface area contributed by atoms with Gasteiger partial charge in [-0.15, -0.1) is 0 Å². The van der Waals surface area contributed by atoms with E-state index < -0.39 is 4.92 Å². The Hall–Kier alpha value is -2.11. The Bertz CT molecular complexity index is 420. The van der Waals surface area contributed by atoms with Crippen molar-refractivity contribution in [3.63, 3.8) is 0 Å². The minimum absolute atomic E-state index is 0.0358. The van der Waals surface area contributed by atoms with Crippen LogP contribution in [-0.4, -0.2) is 24.0 Å². The Balaban J connectivity index is 2.40. The molecule has 0 aliphatic rings. The van der Waals surface area contributed by atoms with Crippen LogP contribution in [0.4, 0.5) is 11.4 Å². The molecular weight excluding hydrogens is 236 g/mol. The van der Waals surface area contributed by atoms with Crippen molar-refractivity contribution in [2.75, 3.05) is 18.5 Å². The summed E-state index contributed by atoms with van der Waals surface area (Å²) in [5, 5.41) is 13.7. The van der Waals surface area contributed by atoms with Crippen LogP contribution in [0, 0.1) is 10.1 Å². The standard InChI is InChI=1S/C12H16N2O4/c1-2-18-12(15)8-5-9-13-10-6-3-4-7-11(10)14(16)17/h3-4,6-7,13H,2,5,8-9H2,1H3. The lowest BCUT2D eigenvalue weighted by Gasteiger charge is -2.06. The summed E-state index contributed by atoms with van der Waals surface area (Å²) in [6.45, 7) is 2.61. The number of nitrogens with zero attached hydrogens (tertiary/aromatic N) is 1. The fourth-order valence-corrected chi connectivity index (χ4v) is 1.47. The van der Waals surface area contributed by atoms with Gasteiger partial charge in [0, 0.05) is 19.0 Å². The molecule has 0 unspecified atom stereocenters. The Morgan fingerprint density at radius 2 is 2.17 bits per heavy atom. The number of hydrogen-bond donors (Lipinski definition) is 1. The molecule has 18 heavy (non-hydrogen) atoms. The van der Waals surface area contributed by atoms with Gasteiger partial charge >= 0.3 is 5.97 Å². The quantitative estimate of drug-likeness (QED) is 0.348. The number of ether oxygens (including phenoxy) is 1. The minimum atomic E-state index is -0.437. The zero-order chi connectivity index (χ0) is 13.4. The van der Waals surface area contributed by atoms with Gasteiger partial charge in [0.2, 0.25) is 0 Å². The smallest absolute Gasteiger partial charge is 0.305 e. The summed E-state index contributed by atoms with van der Waals surface area (Å²) in [5.74, 6) is -0.248. The molecule has 1 aromatic carbocycles. The van der Waals surface area contributed by atoms with Crippen molar-refractivity contribution in [1.29, 1.82) is 0 Å². The van der Waals surface area contributed by atoms with Crippen molar-refractivity contribution in [2.45, 2.75) is 19.8 Å². The van der Waals surface area contributed by atoms with Crippen LogP contribution in [0.3, 0.4) is 0 Å². The highest BCUT2D eigenvalue weighted by molar-refractivity contribution is 5.69. The molecule has 0 aliphatic carbocycles. The van der Waals surface area contributed by atoms with Gasteiger partial charge in [-0.2, -0.15) is 0 Å². The van der Waals surface area contributed by atoms with Crippen LogP contribution >= 0.6 is 0 Å². The van der Waals surface area contributed by atoms with Gasteiger partial charge in [-0.25, -0.2) is 0 Å². The lowest BCUT2D eigenvalue weighted by atomic mass is 10.2. The van der Waals surface area contributed by atoms with E-state index in [4.69, 9.17) is 4.74 Å². The number of nitro benzene ring substituents is 1. The maximum absolute atomic E-state index is 11.1. The second-order valence-electron chi connectivity index (χ2n) is 3.61. The average Bonchev–Trinajstić information content (AvgIpc) is 2.35. The van der Waals surface area contributed by atoms with Crippen molar-refractivity contribution in [2.24, 2.45) is 0 Å². The molecule has 6 heteroatoms. The van der Waals surface area contributed by atoms with Crippen LogP contribution in [0.2, 0.25) is 0 Å². The normalized spacial score (nSPS) is 9.83. The van der Waals surface area contributed by atoms with Crippen LogP contribution in [-0.2, 0) is 9.53 Å². The average molecular weight is 252 g/mol. The topological polar surface area (TPSA) is 81.5 Å². The minimum Gasteiger partial charge on any atom is -0.466 e. The second-order valence-corrected chi connectivity index (χ2v) is 3.61. The molecule has 0 amide bonds. The van der Waals surface area contributed by atoms with Crippen molar-refractivity contribution in [1.82, 2.24) is 0 Å². The van der Waals surface area contributed by atoms with Crippen molar-refractivity contribution < 1.29 is 14.5 Å². The molecule has 98 valence electrons. The van der Waals surface area contributed by atoms with Gasteiger partial charge in [0.05, 0.1) is 11.5 Å².